The van der Waals surface area contributed by atoms with Crippen molar-refractivity contribution in [3.05, 3.63) is 64.7 Å². The van der Waals surface area contributed by atoms with Crippen LogP contribution >= 0.6 is 0 Å². The topological polar surface area (TPSA) is 72.5 Å². The number of ether oxygens (including phenoxy) is 1. The highest BCUT2D eigenvalue weighted by Gasteiger charge is 2.15. The molecule has 24 heavy (non-hydrogen) atoms. The minimum Gasteiger partial charge on any atom is -0.462 e. The maximum Gasteiger partial charge on any atom is 0.338 e. The highest BCUT2D eigenvalue weighted by atomic mass is 32.2. The quantitative estimate of drug-likeness (QED) is 0.813. The van der Waals surface area contributed by atoms with Crippen molar-refractivity contribution in [2.45, 2.75) is 26.5 Å². The highest BCUT2D eigenvalue weighted by Crippen LogP contribution is 2.20. The number of sulfonamides is 1. The molecule has 2 aromatic rings. The molecule has 0 atom stereocenters. The number of esters is 1. The van der Waals surface area contributed by atoms with E-state index in [9.17, 15) is 13.2 Å². The van der Waals surface area contributed by atoms with E-state index in [0.29, 0.717) is 23.4 Å². The van der Waals surface area contributed by atoms with Crippen LogP contribution < -0.4 is 4.72 Å². The van der Waals surface area contributed by atoms with Gasteiger partial charge in [0.2, 0.25) is 10.0 Å². The molecule has 2 aromatic carbocycles. The number of anilines is 1. The van der Waals surface area contributed by atoms with Crippen molar-refractivity contribution in [2.75, 3.05) is 11.3 Å². The van der Waals surface area contributed by atoms with Crippen LogP contribution in [0.5, 0.6) is 0 Å². The molecule has 0 saturated carbocycles. The minimum atomic E-state index is -3.54. The van der Waals surface area contributed by atoms with E-state index < -0.39 is 16.0 Å². The first-order chi connectivity index (χ1) is 11.3. The van der Waals surface area contributed by atoms with Gasteiger partial charge in [0.05, 0.1) is 23.6 Å². The van der Waals surface area contributed by atoms with Crippen LogP contribution in [0.15, 0.2) is 42.5 Å². The molecule has 0 radical (unpaired) electrons. The van der Waals surface area contributed by atoms with E-state index in [1.165, 1.54) is 0 Å². The summed E-state index contributed by atoms with van der Waals surface area (Å²) in [6.07, 6.45) is 0. The second-order valence-electron chi connectivity index (χ2n) is 5.60. The summed E-state index contributed by atoms with van der Waals surface area (Å²) in [7, 11) is -3.54. The smallest absolute Gasteiger partial charge is 0.338 e. The Hall–Kier alpha value is -2.34. The van der Waals surface area contributed by atoms with E-state index in [1.807, 2.05) is 25.1 Å². The maximum atomic E-state index is 12.4. The predicted molar refractivity (Wildman–Crippen MR) is 94.6 cm³/mol. The number of carbonyl (C=O) groups is 1. The average Bonchev–Trinajstić information content (AvgIpc) is 2.49. The highest BCUT2D eigenvalue weighted by molar-refractivity contribution is 7.91. The van der Waals surface area contributed by atoms with Gasteiger partial charge in [-0.1, -0.05) is 29.8 Å². The largest absolute Gasteiger partial charge is 0.462 e. The zero-order chi connectivity index (χ0) is 17.7. The Balaban J connectivity index is 2.16. The minimum absolute atomic E-state index is 0.103. The van der Waals surface area contributed by atoms with Gasteiger partial charge in [-0.2, -0.15) is 0 Å². The van der Waals surface area contributed by atoms with Crippen molar-refractivity contribution in [3.63, 3.8) is 0 Å². The molecule has 0 aliphatic heterocycles. The first-order valence-electron chi connectivity index (χ1n) is 7.64. The van der Waals surface area contributed by atoms with Crippen LogP contribution in [0.4, 0.5) is 5.69 Å². The molecule has 0 bridgehead atoms. The van der Waals surface area contributed by atoms with Gasteiger partial charge in [-0.15, -0.1) is 0 Å². The van der Waals surface area contributed by atoms with Gasteiger partial charge >= 0.3 is 5.97 Å². The van der Waals surface area contributed by atoms with E-state index in [4.69, 9.17) is 4.74 Å². The Labute approximate surface area is 142 Å². The molecule has 0 amide bonds. The van der Waals surface area contributed by atoms with Crippen molar-refractivity contribution in [2.24, 2.45) is 0 Å². The van der Waals surface area contributed by atoms with E-state index in [2.05, 4.69) is 4.72 Å². The first kappa shape index (κ1) is 18.0. The van der Waals surface area contributed by atoms with E-state index in [-0.39, 0.29) is 5.75 Å². The van der Waals surface area contributed by atoms with Crippen molar-refractivity contribution in [3.8, 4) is 0 Å². The SMILES string of the molecule is CCOC(=O)c1ccc(NS(=O)(=O)Cc2cccc(C)c2)c(C)c1. The molecule has 128 valence electrons. The Morgan fingerprint density at radius 2 is 1.88 bits per heavy atom. The fraction of sp³-hybridized carbons (Fsp3) is 0.278. The molecule has 2 rings (SSSR count). The van der Waals surface area contributed by atoms with E-state index in [1.54, 1.807) is 38.1 Å². The van der Waals surface area contributed by atoms with Crippen LogP contribution in [-0.2, 0) is 20.5 Å². The van der Waals surface area contributed by atoms with Crippen LogP contribution in [0, 0.1) is 13.8 Å². The van der Waals surface area contributed by atoms with Crippen molar-refractivity contribution in [1.82, 2.24) is 0 Å². The second-order valence-corrected chi connectivity index (χ2v) is 7.32. The lowest BCUT2D eigenvalue weighted by Crippen LogP contribution is -2.16. The van der Waals surface area contributed by atoms with Crippen molar-refractivity contribution < 1.29 is 17.9 Å². The average molecular weight is 347 g/mol. The van der Waals surface area contributed by atoms with Gasteiger partial charge < -0.3 is 4.74 Å². The molecule has 0 saturated heterocycles. The third-order valence-electron chi connectivity index (χ3n) is 3.44. The number of rotatable bonds is 6. The number of aryl methyl sites for hydroxylation is 2. The van der Waals surface area contributed by atoms with Crippen LogP contribution in [0.25, 0.3) is 0 Å². The number of nitrogens with one attached hydrogen (secondary N) is 1. The summed E-state index contributed by atoms with van der Waals surface area (Å²) in [5.41, 5.74) is 3.25. The molecule has 0 aliphatic rings. The summed E-state index contributed by atoms with van der Waals surface area (Å²) in [5, 5.41) is 0. The monoisotopic (exact) mass is 347 g/mol. The Kier molecular flexibility index (Phi) is 5.62. The first-order valence-corrected chi connectivity index (χ1v) is 9.30. The third-order valence-corrected chi connectivity index (χ3v) is 4.69. The maximum absolute atomic E-state index is 12.4. The van der Waals surface area contributed by atoms with Crippen LogP contribution in [0.1, 0.15) is 34.0 Å². The van der Waals surface area contributed by atoms with E-state index >= 15 is 0 Å². The second kappa shape index (κ2) is 7.49. The summed E-state index contributed by atoms with van der Waals surface area (Å²) >= 11 is 0. The molecule has 6 heteroatoms. The summed E-state index contributed by atoms with van der Waals surface area (Å²) in [5.74, 6) is -0.525. The summed E-state index contributed by atoms with van der Waals surface area (Å²) in [4.78, 5) is 11.7. The summed E-state index contributed by atoms with van der Waals surface area (Å²) in [6.45, 7) is 5.69. The van der Waals surface area contributed by atoms with Gasteiger partial charge in [-0.3, -0.25) is 4.72 Å². The zero-order valence-electron chi connectivity index (χ0n) is 14.0. The molecular formula is C18H21NO4S. The lowest BCUT2D eigenvalue weighted by atomic mass is 10.1. The Morgan fingerprint density at radius 3 is 2.50 bits per heavy atom. The van der Waals surface area contributed by atoms with Gasteiger partial charge in [0, 0.05) is 0 Å². The van der Waals surface area contributed by atoms with Gasteiger partial charge in [0.15, 0.2) is 0 Å². The number of carbonyl (C=O) groups excluding carboxylic acids is 1. The van der Waals surface area contributed by atoms with Crippen LogP contribution in [-0.4, -0.2) is 21.0 Å². The molecule has 1 N–H and O–H groups in total. The van der Waals surface area contributed by atoms with Gasteiger partial charge in [-0.25, -0.2) is 13.2 Å². The van der Waals surface area contributed by atoms with Crippen LogP contribution in [0.3, 0.4) is 0 Å². The molecule has 0 aromatic heterocycles. The molecule has 0 spiro atoms. The molecule has 5 nitrogen and oxygen atoms in total. The normalized spacial score (nSPS) is 11.1. The Bertz CT molecular complexity index is 844. The van der Waals surface area contributed by atoms with Gasteiger partial charge in [0.25, 0.3) is 0 Å². The van der Waals surface area contributed by atoms with Gasteiger partial charge in [0.1, 0.15) is 0 Å². The number of hydrogen-bond acceptors (Lipinski definition) is 4. The van der Waals surface area contributed by atoms with E-state index in [0.717, 1.165) is 11.1 Å². The predicted octanol–water partition coefficient (Wildman–Crippen LogP) is 3.42. The zero-order valence-corrected chi connectivity index (χ0v) is 14.8. The number of hydrogen-bond donors (Lipinski definition) is 1. The Morgan fingerprint density at radius 1 is 1.12 bits per heavy atom. The molecule has 0 unspecified atom stereocenters. The molecule has 0 fully saturated rings. The molecule has 0 aliphatic carbocycles. The number of benzene rings is 2. The lowest BCUT2D eigenvalue weighted by molar-refractivity contribution is 0.0526. The summed E-state index contributed by atoms with van der Waals surface area (Å²) in [6, 6.07) is 12.1. The standard InChI is InChI=1S/C18H21NO4S/c1-4-23-18(20)16-8-9-17(14(3)11-16)19-24(21,22)12-15-7-5-6-13(2)10-15/h5-11,19H,4,12H2,1-3H3. The third kappa shape index (κ3) is 4.83. The van der Waals surface area contributed by atoms with Crippen molar-refractivity contribution in [1.29, 1.82) is 0 Å². The molecular weight excluding hydrogens is 326 g/mol. The summed E-state index contributed by atoms with van der Waals surface area (Å²) < 4.78 is 32.2. The fourth-order valence-electron chi connectivity index (χ4n) is 2.34. The molecule has 0 heterocycles. The van der Waals surface area contributed by atoms with Crippen LogP contribution in [0.2, 0.25) is 0 Å². The van der Waals surface area contributed by atoms with Crippen molar-refractivity contribution >= 4 is 21.7 Å². The fourth-order valence-corrected chi connectivity index (χ4v) is 3.60. The van der Waals surface area contributed by atoms with Gasteiger partial charge in [-0.05, 0) is 50.1 Å². The lowest BCUT2D eigenvalue weighted by Gasteiger charge is -2.12.